The smallest absolute Gasteiger partial charge is 0.125 e. The van der Waals surface area contributed by atoms with Crippen LogP contribution in [0.25, 0.3) is 0 Å². The lowest BCUT2D eigenvalue weighted by Gasteiger charge is -2.20. The number of benzene rings is 2. The lowest BCUT2D eigenvalue weighted by molar-refractivity contribution is 0.390. The van der Waals surface area contributed by atoms with Gasteiger partial charge in [0.1, 0.15) is 11.5 Å². The molecule has 4 nitrogen and oxygen atoms in total. The molecule has 0 heterocycles. The molecular formula is C19H26N2O2. The molecule has 2 N–H and O–H groups in total. The minimum absolute atomic E-state index is 0.247. The van der Waals surface area contributed by atoms with Crippen molar-refractivity contribution in [2.45, 2.75) is 12.3 Å². The Kier molecular flexibility index (Phi) is 5.88. The summed E-state index contributed by atoms with van der Waals surface area (Å²) in [6, 6.07) is 14.5. The van der Waals surface area contributed by atoms with E-state index in [1.54, 1.807) is 14.2 Å². The second kappa shape index (κ2) is 7.88. The van der Waals surface area contributed by atoms with Crippen molar-refractivity contribution in [2.75, 3.05) is 39.8 Å². The second-order valence-electron chi connectivity index (χ2n) is 5.80. The SMILES string of the molecule is COc1ccc(CC(CN)c2cccc(N(C)C)c2)c(OC)c1. The zero-order valence-corrected chi connectivity index (χ0v) is 14.4. The third-order valence-corrected chi connectivity index (χ3v) is 4.10. The number of rotatable bonds is 7. The van der Waals surface area contributed by atoms with Gasteiger partial charge in [0.2, 0.25) is 0 Å². The summed E-state index contributed by atoms with van der Waals surface area (Å²) in [5, 5.41) is 0. The van der Waals surface area contributed by atoms with E-state index in [9.17, 15) is 0 Å². The van der Waals surface area contributed by atoms with Crippen LogP contribution in [0.5, 0.6) is 11.5 Å². The van der Waals surface area contributed by atoms with Crippen molar-refractivity contribution in [3.63, 3.8) is 0 Å². The van der Waals surface area contributed by atoms with Crippen molar-refractivity contribution >= 4 is 5.69 Å². The van der Waals surface area contributed by atoms with E-state index in [1.807, 2.05) is 26.2 Å². The highest BCUT2D eigenvalue weighted by atomic mass is 16.5. The molecule has 124 valence electrons. The molecule has 2 aromatic carbocycles. The first-order chi connectivity index (χ1) is 11.1. The lowest BCUT2D eigenvalue weighted by Crippen LogP contribution is -2.16. The van der Waals surface area contributed by atoms with Gasteiger partial charge in [0, 0.05) is 31.8 Å². The van der Waals surface area contributed by atoms with Crippen LogP contribution in [0.2, 0.25) is 0 Å². The Bertz CT molecular complexity index is 641. The largest absolute Gasteiger partial charge is 0.497 e. The van der Waals surface area contributed by atoms with Gasteiger partial charge >= 0.3 is 0 Å². The molecule has 23 heavy (non-hydrogen) atoms. The summed E-state index contributed by atoms with van der Waals surface area (Å²) in [4.78, 5) is 2.10. The molecule has 0 saturated heterocycles. The predicted octanol–water partition coefficient (Wildman–Crippen LogP) is 3.05. The summed E-state index contributed by atoms with van der Waals surface area (Å²) >= 11 is 0. The Balaban J connectivity index is 2.27. The van der Waals surface area contributed by atoms with Gasteiger partial charge in [-0.05, 0) is 42.3 Å². The van der Waals surface area contributed by atoms with E-state index in [-0.39, 0.29) is 5.92 Å². The van der Waals surface area contributed by atoms with Crippen LogP contribution in [0.4, 0.5) is 5.69 Å². The van der Waals surface area contributed by atoms with Crippen LogP contribution in [-0.2, 0) is 6.42 Å². The first-order valence-electron chi connectivity index (χ1n) is 7.77. The quantitative estimate of drug-likeness (QED) is 0.853. The van der Waals surface area contributed by atoms with E-state index in [1.165, 1.54) is 11.3 Å². The molecule has 0 aromatic heterocycles. The minimum Gasteiger partial charge on any atom is -0.497 e. The van der Waals surface area contributed by atoms with Gasteiger partial charge in [0.05, 0.1) is 14.2 Å². The molecule has 0 aliphatic heterocycles. The summed E-state index contributed by atoms with van der Waals surface area (Å²) in [5.41, 5.74) is 9.62. The minimum atomic E-state index is 0.247. The second-order valence-corrected chi connectivity index (χ2v) is 5.80. The average Bonchev–Trinajstić information content (AvgIpc) is 2.59. The third kappa shape index (κ3) is 4.17. The van der Waals surface area contributed by atoms with Crippen LogP contribution in [0.15, 0.2) is 42.5 Å². The van der Waals surface area contributed by atoms with Crippen LogP contribution in [-0.4, -0.2) is 34.9 Å². The normalized spacial score (nSPS) is 11.9. The van der Waals surface area contributed by atoms with Gasteiger partial charge in [-0.2, -0.15) is 0 Å². The maximum Gasteiger partial charge on any atom is 0.125 e. The topological polar surface area (TPSA) is 47.7 Å². The first-order valence-corrected chi connectivity index (χ1v) is 7.77. The molecule has 0 bridgehead atoms. The molecule has 0 radical (unpaired) electrons. The summed E-state index contributed by atoms with van der Waals surface area (Å²) in [6.07, 6.45) is 0.834. The van der Waals surface area contributed by atoms with Crippen molar-refractivity contribution in [3.05, 3.63) is 53.6 Å². The highest BCUT2D eigenvalue weighted by Gasteiger charge is 2.15. The molecule has 0 spiro atoms. The van der Waals surface area contributed by atoms with E-state index in [0.717, 1.165) is 23.5 Å². The summed E-state index contributed by atoms with van der Waals surface area (Å²) in [7, 11) is 7.43. The Morgan fingerprint density at radius 3 is 2.43 bits per heavy atom. The number of methoxy groups -OCH3 is 2. The van der Waals surface area contributed by atoms with Gasteiger partial charge in [0.15, 0.2) is 0 Å². The Hall–Kier alpha value is -2.20. The molecule has 0 fully saturated rings. The molecule has 0 aliphatic carbocycles. The number of hydrogen-bond acceptors (Lipinski definition) is 4. The Morgan fingerprint density at radius 2 is 1.83 bits per heavy atom. The maximum atomic E-state index is 6.05. The Morgan fingerprint density at radius 1 is 1.04 bits per heavy atom. The third-order valence-electron chi connectivity index (χ3n) is 4.10. The summed E-state index contributed by atoms with van der Waals surface area (Å²) < 4.78 is 10.8. The number of nitrogens with zero attached hydrogens (tertiary/aromatic N) is 1. The zero-order chi connectivity index (χ0) is 16.8. The average molecular weight is 314 g/mol. The predicted molar refractivity (Wildman–Crippen MR) is 95.8 cm³/mol. The summed E-state index contributed by atoms with van der Waals surface area (Å²) in [5.74, 6) is 1.88. The van der Waals surface area contributed by atoms with E-state index in [0.29, 0.717) is 6.54 Å². The van der Waals surface area contributed by atoms with Gasteiger partial charge < -0.3 is 20.1 Å². The Labute approximate surface area is 138 Å². The fraction of sp³-hybridized carbons (Fsp3) is 0.368. The van der Waals surface area contributed by atoms with Crippen molar-refractivity contribution in [1.82, 2.24) is 0 Å². The molecule has 0 amide bonds. The van der Waals surface area contributed by atoms with Gasteiger partial charge in [-0.1, -0.05) is 18.2 Å². The van der Waals surface area contributed by atoms with Crippen molar-refractivity contribution in [1.29, 1.82) is 0 Å². The molecule has 0 aliphatic rings. The molecule has 2 rings (SSSR count). The van der Waals surface area contributed by atoms with Crippen molar-refractivity contribution < 1.29 is 9.47 Å². The molecule has 2 aromatic rings. The van der Waals surface area contributed by atoms with Gasteiger partial charge in [0.25, 0.3) is 0 Å². The van der Waals surface area contributed by atoms with Gasteiger partial charge in [-0.25, -0.2) is 0 Å². The van der Waals surface area contributed by atoms with E-state index in [4.69, 9.17) is 15.2 Å². The fourth-order valence-corrected chi connectivity index (χ4v) is 2.68. The van der Waals surface area contributed by atoms with E-state index < -0.39 is 0 Å². The standard InChI is InChI=1S/C19H26N2O2/c1-21(2)17-7-5-6-14(11-17)16(13-20)10-15-8-9-18(22-3)12-19(15)23-4/h5-9,11-12,16H,10,13,20H2,1-4H3. The lowest BCUT2D eigenvalue weighted by atomic mass is 9.91. The highest BCUT2D eigenvalue weighted by molar-refractivity contribution is 5.49. The molecular weight excluding hydrogens is 288 g/mol. The van der Waals surface area contributed by atoms with Gasteiger partial charge in [-0.15, -0.1) is 0 Å². The van der Waals surface area contributed by atoms with Gasteiger partial charge in [-0.3, -0.25) is 0 Å². The zero-order valence-electron chi connectivity index (χ0n) is 14.4. The molecule has 1 atom stereocenters. The van der Waals surface area contributed by atoms with E-state index >= 15 is 0 Å². The van der Waals surface area contributed by atoms with Crippen LogP contribution in [0.3, 0.4) is 0 Å². The number of nitrogens with two attached hydrogens (primary N) is 1. The molecule has 4 heteroatoms. The first kappa shape index (κ1) is 17.2. The highest BCUT2D eigenvalue weighted by Crippen LogP contribution is 2.30. The fourth-order valence-electron chi connectivity index (χ4n) is 2.68. The van der Waals surface area contributed by atoms with Crippen LogP contribution in [0.1, 0.15) is 17.0 Å². The van der Waals surface area contributed by atoms with Crippen molar-refractivity contribution in [2.24, 2.45) is 5.73 Å². The number of ether oxygens (including phenoxy) is 2. The monoisotopic (exact) mass is 314 g/mol. The molecule has 1 unspecified atom stereocenters. The summed E-state index contributed by atoms with van der Waals surface area (Å²) in [6.45, 7) is 0.589. The number of anilines is 1. The van der Waals surface area contributed by atoms with Crippen LogP contribution in [0, 0.1) is 0 Å². The van der Waals surface area contributed by atoms with Crippen molar-refractivity contribution in [3.8, 4) is 11.5 Å². The van der Waals surface area contributed by atoms with Crippen LogP contribution >= 0.6 is 0 Å². The van der Waals surface area contributed by atoms with Crippen LogP contribution < -0.4 is 20.1 Å². The maximum absolute atomic E-state index is 6.05. The van der Waals surface area contributed by atoms with E-state index in [2.05, 4.69) is 35.2 Å². The number of hydrogen-bond donors (Lipinski definition) is 1. The molecule has 0 saturated carbocycles.